The molecule has 0 aliphatic heterocycles. The maximum atomic E-state index is 5.92. The van der Waals surface area contributed by atoms with Gasteiger partial charge in [0.15, 0.2) is 0 Å². The van der Waals surface area contributed by atoms with E-state index >= 15 is 0 Å². The average Bonchev–Trinajstić information content (AvgIpc) is 2.46. The molecule has 2 aromatic carbocycles. The van der Waals surface area contributed by atoms with Crippen molar-refractivity contribution in [2.45, 2.75) is 10.1 Å². The minimum atomic E-state index is 0.192. The first kappa shape index (κ1) is 14.4. The van der Waals surface area contributed by atoms with Crippen molar-refractivity contribution in [3.63, 3.8) is 0 Å². The summed E-state index contributed by atoms with van der Waals surface area (Å²) in [4.78, 5) is 1.20. The molecule has 0 spiro atoms. The fraction of sp³-hybridized carbons (Fsp3) is 0.200. The molecule has 0 aliphatic carbocycles. The van der Waals surface area contributed by atoms with Crippen molar-refractivity contribution < 1.29 is 4.74 Å². The molecule has 1 atom stereocenters. The van der Waals surface area contributed by atoms with Gasteiger partial charge < -0.3 is 10.5 Å². The number of thioether (sulfide) groups is 1. The zero-order valence-electron chi connectivity index (χ0n) is 10.7. The molecule has 0 bridgehead atoms. The highest BCUT2D eigenvalue weighted by Gasteiger charge is 2.15. The lowest BCUT2D eigenvalue weighted by Gasteiger charge is -2.17. The summed E-state index contributed by atoms with van der Waals surface area (Å²) >= 11 is 5.20. The van der Waals surface area contributed by atoms with Crippen molar-refractivity contribution in [3.8, 4) is 5.75 Å². The fourth-order valence-corrected chi connectivity index (χ4v) is 3.15. The number of nitrogens with two attached hydrogens (primary N) is 1. The standard InChI is InChI=1S/C15H16BrNOS/c1-18-14-5-3-2-4-13(14)15(10-17)19-12-8-6-11(16)7-9-12/h2-9,15H,10,17H2,1H3. The highest BCUT2D eigenvalue weighted by atomic mass is 79.9. The molecule has 2 aromatic rings. The Morgan fingerprint density at radius 3 is 2.47 bits per heavy atom. The number of rotatable bonds is 5. The maximum absolute atomic E-state index is 5.92. The van der Waals surface area contributed by atoms with E-state index in [1.165, 1.54) is 4.90 Å². The Morgan fingerprint density at radius 1 is 1.16 bits per heavy atom. The first-order valence-electron chi connectivity index (χ1n) is 6.00. The van der Waals surface area contributed by atoms with Gasteiger partial charge in [-0.2, -0.15) is 0 Å². The molecule has 1 unspecified atom stereocenters. The van der Waals surface area contributed by atoms with Crippen LogP contribution in [-0.2, 0) is 0 Å². The van der Waals surface area contributed by atoms with Gasteiger partial charge in [0.05, 0.1) is 12.4 Å². The Morgan fingerprint density at radius 2 is 1.84 bits per heavy atom. The van der Waals surface area contributed by atoms with Gasteiger partial charge in [-0.1, -0.05) is 34.1 Å². The Balaban J connectivity index is 2.22. The number of methoxy groups -OCH3 is 1. The lowest BCUT2D eigenvalue weighted by Crippen LogP contribution is -2.10. The molecular formula is C15H16BrNOS. The Bertz CT molecular complexity index is 530. The summed E-state index contributed by atoms with van der Waals surface area (Å²) in [6.07, 6.45) is 0. The van der Waals surface area contributed by atoms with Crippen LogP contribution in [0.1, 0.15) is 10.8 Å². The van der Waals surface area contributed by atoms with Crippen LogP contribution in [-0.4, -0.2) is 13.7 Å². The van der Waals surface area contributed by atoms with E-state index in [4.69, 9.17) is 10.5 Å². The maximum Gasteiger partial charge on any atom is 0.123 e. The summed E-state index contributed by atoms with van der Waals surface area (Å²) in [6, 6.07) is 16.3. The summed E-state index contributed by atoms with van der Waals surface area (Å²) in [7, 11) is 1.69. The van der Waals surface area contributed by atoms with Crippen LogP contribution in [0, 0.1) is 0 Å². The Kier molecular flexibility index (Phi) is 5.31. The topological polar surface area (TPSA) is 35.2 Å². The third kappa shape index (κ3) is 3.75. The molecule has 0 aliphatic rings. The van der Waals surface area contributed by atoms with E-state index in [1.807, 2.05) is 30.3 Å². The van der Waals surface area contributed by atoms with Gasteiger partial charge in [-0.15, -0.1) is 11.8 Å². The average molecular weight is 338 g/mol. The third-order valence-electron chi connectivity index (χ3n) is 2.79. The van der Waals surface area contributed by atoms with Gasteiger partial charge >= 0.3 is 0 Å². The second-order valence-electron chi connectivity index (χ2n) is 4.04. The summed E-state index contributed by atoms with van der Waals surface area (Å²) < 4.78 is 6.49. The fourth-order valence-electron chi connectivity index (χ4n) is 1.85. The monoisotopic (exact) mass is 337 g/mol. The predicted octanol–water partition coefficient (Wildman–Crippen LogP) is 4.25. The number of hydrogen-bond donors (Lipinski definition) is 1. The number of ether oxygens (including phenoxy) is 1. The van der Waals surface area contributed by atoms with E-state index in [0.717, 1.165) is 15.8 Å². The second kappa shape index (κ2) is 6.98. The number of benzene rings is 2. The lowest BCUT2D eigenvalue weighted by atomic mass is 10.1. The lowest BCUT2D eigenvalue weighted by molar-refractivity contribution is 0.409. The van der Waals surface area contributed by atoms with Crippen molar-refractivity contribution in [1.82, 2.24) is 0 Å². The van der Waals surface area contributed by atoms with Crippen molar-refractivity contribution in [1.29, 1.82) is 0 Å². The minimum absolute atomic E-state index is 0.192. The predicted molar refractivity (Wildman–Crippen MR) is 84.8 cm³/mol. The molecule has 0 fully saturated rings. The summed E-state index contributed by atoms with van der Waals surface area (Å²) in [5.41, 5.74) is 7.06. The molecule has 0 amide bonds. The Labute approximate surface area is 126 Å². The minimum Gasteiger partial charge on any atom is -0.496 e. The van der Waals surface area contributed by atoms with E-state index < -0.39 is 0 Å². The highest BCUT2D eigenvalue weighted by Crippen LogP contribution is 2.38. The van der Waals surface area contributed by atoms with Crippen molar-refractivity contribution in [3.05, 3.63) is 58.6 Å². The van der Waals surface area contributed by atoms with Crippen molar-refractivity contribution in [2.24, 2.45) is 5.73 Å². The molecule has 2 nitrogen and oxygen atoms in total. The van der Waals surface area contributed by atoms with E-state index in [9.17, 15) is 0 Å². The molecule has 0 radical (unpaired) electrons. The normalized spacial score (nSPS) is 12.2. The van der Waals surface area contributed by atoms with Crippen LogP contribution in [0.3, 0.4) is 0 Å². The van der Waals surface area contributed by atoms with Crippen LogP contribution in [0.5, 0.6) is 5.75 Å². The highest BCUT2D eigenvalue weighted by molar-refractivity contribution is 9.10. The van der Waals surface area contributed by atoms with Gasteiger partial charge in [0.25, 0.3) is 0 Å². The third-order valence-corrected chi connectivity index (χ3v) is 4.60. The number of hydrogen-bond acceptors (Lipinski definition) is 3. The van der Waals surface area contributed by atoms with Crippen LogP contribution in [0.15, 0.2) is 57.9 Å². The molecule has 100 valence electrons. The first-order chi connectivity index (χ1) is 9.24. The van der Waals surface area contributed by atoms with Crippen LogP contribution in [0.25, 0.3) is 0 Å². The largest absolute Gasteiger partial charge is 0.496 e. The summed E-state index contributed by atoms with van der Waals surface area (Å²) in [5.74, 6) is 0.891. The van der Waals surface area contributed by atoms with E-state index in [-0.39, 0.29) is 5.25 Å². The molecule has 0 aromatic heterocycles. The molecule has 2 rings (SSSR count). The Hall–Kier alpha value is -0.970. The number of para-hydroxylation sites is 1. The molecule has 0 saturated heterocycles. The van der Waals surface area contributed by atoms with Gasteiger partial charge in [0.1, 0.15) is 5.75 Å². The molecule has 19 heavy (non-hydrogen) atoms. The smallest absolute Gasteiger partial charge is 0.123 e. The SMILES string of the molecule is COc1ccccc1C(CN)Sc1ccc(Br)cc1. The van der Waals surface area contributed by atoms with Crippen LogP contribution in [0.4, 0.5) is 0 Å². The van der Waals surface area contributed by atoms with Crippen molar-refractivity contribution >= 4 is 27.7 Å². The van der Waals surface area contributed by atoms with Crippen LogP contribution < -0.4 is 10.5 Å². The van der Waals surface area contributed by atoms with Gasteiger partial charge in [-0.05, 0) is 30.3 Å². The van der Waals surface area contributed by atoms with E-state index in [2.05, 4.69) is 34.1 Å². The van der Waals surface area contributed by atoms with Gasteiger partial charge in [0.2, 0.25) is 0 Å². The first-order valence-corrected chi connectivity index (χ1v) is 7.67. The molecular weight excluding hydrogens is 322 g/mol. The van der Waals surface area contributed by atoms with Crippen molar-refractivity contribution in [2.75, 3.05) is 13.7 Å². The van der Waals surface area contributed by atoms with Crippen LogP contribution in [0.2, 0.25) is 0 Å². The van der Waals surface area contributed by atoms with Gasteiger partial charge in [0, 0.05) is 21.5 Å². The zero-order chi connectivity index (χ0) is 13.7. The van der Waals surface area contributed by atoms with Gasteiger partial charge in [-0.3, -0.25) is 0 Å². The van der Waals surface area contributed by atoms with E-state index in [1.54, 1.807) is 18.9 Å². The van der Waals surface area contributed by atoms with Crippen LogP contribution >= 0.6 is 27.7 Å². The summed E-state index contributed by atoms with van der Waals surface area (Å²) in [6.45, 7) is 0.571. The quantitative estimate of drug-likeness (QED) is 0.828. The molecule has 4 heteroatoms. The zero-order valence-corrected chi connectivity index (χ0v) is 13.1. The summed E-state index contributed by atoms with van der Waals surface area (Å²) in [5, 5.41) is 0.192. The number of halogens is 1. The second-order valence-corrected chi connectivity index (χ2v) is 6.23. The van der Waals surface area contributed by atoms with E-state index in [0.29, 0.717) is 6.54 Å². The molecule has 2 N–H and O–H groups in total. The van der Waals surface area contributed by atoms with Gasteiger partial charge in [-0.25, -0.2) is 0 Å². The molecule has 0 saturated carbocycles. The molecule has 0 heterocycles.